The van der Waals surface area contributed by atoms with E-state index in [1.807, 2.05) is 41.5 Å². The number of rotatable bonds is 5. The molecule has 200 valence electrons. The minimum atomic E-state index is -0.563. The topological polar surface area (TPSA) is 145 Å². The number of aromatic nitrogens is 5. The molecule has 0 atom stereocenters. The molecule has 3 aromatic heterocycles. The summed E-state index contributed by atoms with van der Waals surface area (Å²) in [7, 11) is 0. The third kappa shape index (κ3) is 6.55. The largest absolute Gasteiger partial charge is 0.460 e. The summed E-state index contributed by atoms with van der Waals surface area (Å²) in [4.78, 5) is 45.9. The lowest BCUT2D eigenvalue weighted by Crippen LogP contribution is -2.41. The van der Waals surface area contributed by atoms with E-state index in [9.17, 15) is 14.4 Å². The zero-order valence-electron chi connectivity index (χ0n) is 22.2. The van der Waals surface area contributed by atoms with Crippen LogP contribution >= 0.6 is 0 Å². The number of hydrogen-bond acceptors (Lipinski definition) is 9. The van der Waals surface area contributed by atoms with Gasteiger partial charge in [-0.05, 0) is 54.4 Å². The second kappa shape index (κ2) is 9.98. The predicted molar refractivity (Wildman–Crippen MR) is 133 cm³/mol. The van der Waals surface area contributed by atoms with Gasteiger partial charge in [-0.3, -0.25) is 9.59 Å². The van der Waals surface area contributed by atoms with Crippen LogP contribution in [0.15, 0.2) is 21.6 Å². The third-order valence-corrected chi connectivity index (χ3v) is 5.77. The number of likely N-dealkylation sites (tertiary alicyclic amines) is 1. The SMILES string of the molecule is CC(C)(C)OC(=O)CCc1noc(-c2cnn3c(C4CCN(C(=O)OC(C)(C)C)CC4)cc(=O)[nH]c23)n1. The molecule has 0 saturated carbocycles. The fourth-order valence-corrected chi connectivity index (χ4v) is 4.22. The summed E-state index contributed by atoms with van der Waals surface area (Å²) in [5.74, 6) is 0.236. The lowest BCUT2D eigenvalue weighted by Gasteiger charge is -2.33. The van der Waals surface area contributed by atoms with Gasteiger partial charge in [0.1, 0.15) is 22.4 Å². The number of esters is 1. The van der Waals surface area contributed by atoms with Crippen molar-refractivity contribution in [2.24, 2.45) is 0 Å². The Hall–Kier alpha value is -3.70. The lowest BCUT2D eigenvalue weighted by atomic mass is 9.93. The van der Waals surface area contributed by atoms with Gasteiger partial charge in [0.2, 0.25) is 0 Å². The number of carbonyl (C=O) groups excluding carboxylic acids is 2. The summed E-state index contributed by atoms with van der Waals surface area (Å²) in [6.07, 6.45) is 2.95. The summed E-state index contributed by atoms with van der Waals surface area (Å²) in [5.41, 5.74) is 0.289. The zero-order chi connectivity index (χ0) is 27.0. The second-order valence-electron chi connectivity index (χ2n) is 11.2. The molecule has 1 saturated heterocycles. The molecule has 12 nitrogen and oxygen atoms in total. The number of nitrogens with one attached hydrogen (secondary N) is 1. The first-order valence-corrected chi connectivity index (χ1v) is 12.4. The highest BCUT2D eigenvalue weighted by atomic mass is 16.6. The van der Waals surface area contributed by atoms with E-state index >= 15 is 0 Å². The number of aromatic amines is 1. The maximum atomic E-state index is 12.6. The molecule has 1 aliphatic rings. The summed E-state index contributed by atoms with van der Waals surface area (Å²) >= 11 is 0. The number of hydrogen-bond donors (Lipinski definition) is 1. The monoisotopic (exact) mass is 514 g/mol. The molecule has 3 aromatic rings. The molecule has 1 amide bonds. The van der Waals surface area contributed by atoms with Crippen molar-refractivity contribution >= 4 is 17.7 Å². The van der Waals surface area contributed by atoms with E-state index in [1.165, 1.54) is 6.07 Å². The molecular formula is C25H34N6O6. The van der Waals surface area contributed by atoms with Crippen LogP contribution in [0.2, 0.25) is 0 Å². The van der Waals surface area contributed by atoms with Gasteiger partial charge < -0.3 is 23.9 Å². The molecule has 1 N–H and O–H groups in total. The molecule has 37 heavy (non-hydrogen) atoms. The van der Waals surface area contributed by atoms with Gasteiger partial charge in [-0.2, -0.15) is 10.1 Å². The molecule has 0 spiro atoms. The van der Waals surface area contributed by atoms with Gasteiger partial charge >= 0.3 is 12.1 Å². The molecule has 0 unspecified atom stereocenters. The van der Waals surface area contributed by atoms with Gasteiger partial charge in [-0.25, -0.2) is 9.31 Å². The maximum absolute atomic E-state index is 12.6. The average molecular weight is 515 g/mol. The van der Waals surface area contributed by atoms with E-state index in [4.69, 9.17) is 14.0 Å². The minimum absolute atomic E-state index is 0.0308. The number of piperidine rings is 1. The van der Waals surface area contributed by atoms with Crippen LogP contribution in [0.5, 0.6) is 0 Å². The smallest absolute Gasteiger partial charge is 0.410 e. The van der Waals surface area contributed by atoms with E-state index in [1.54, 1.807) is 15.6 Å². The van der Waals surface area contributed by atoms with Crippen molar-refractivity contribution in [1.29, 1.82) is 0 Å². The molecule has 0 aromatic carbocycles. The highest BCUT2D eigenvalue weighted by molar-refractivity contribution is 5.72. The molecular weight excluding hydrogens is 480 g/mol. The Kier molecular flexibility index (Phi) is 7.11. The Morgan fingerprint density at radius 3 is 2.43 bits per heavy atom. The number of H-pyrrole nitrogens is 1. The lowest BCUT2D eigenvalue weighted by molar-refractivity contribution is -0.154. The number of aryl methyl sites for hydroxylation is 1. The van der Waals surface area contributed by atoms with Crippen molar-refractivity contribution < 1.29 is 23.6 Å². The first kappa shape index (κ1) is 26.4. The Morgan fingerprint density at radius 2 is 1.78 bits per heavy atom. The van der Waals surface area contributed by atoms with Crippen molar-refractivity contribution in [1.82, 2.24) is 29.6 Å². The minimum Gasteiger partial charge on any atom is -0.460 e. The van der Waals surface area contributed by atoms with Crippen LogP contribution in [0, 0.1) is 0 Å². The van der Waals surface area contributed by atoms with Crippen molar-refractivity contribution in [3.63, 3.8) is 0 Å². The first-order valence-electron chi connectivity index (χ1n) is 12.4. The summed E-state index contributed by atoms with van der Waals surface area (Å²) < 4.78 is 17.9. The normalized spacial score (nSPS) is 15.2. The average Bonchev–Trinajstić information content (AvgIpc) is 3.41. The highest BCUT2D eigenvalue weighted by Crippen LogP contribution is 2.30. The predicted octanol–water partition coefficient (Wildman–Crippen LogP) is 3.46. The number of ether oxygens (including phenoxy) is 2. The summed E-state index contributed by atoms with van der Waals surface area (Å²) in [5, 5.41) is 8.44. The zero-order valence-corrected chi connectivity index (χ0v) is 22.2. The summed E-state index contributed by atoms with van der Waals surface area (Å²) in [6, 6.07) is 1.54. The maximum Gasteiger partial charge on any atom is 0.410 e. The van der Waals surface area contributed by atoms with Crippen LogP contribution < -0.4 is 5.56 Å². The van der Waals surface area contributed by atoms with E-state index in [0.717, 1.165) is 5.69 Å². The molecule has 4 heterocycles. The number of fused-ring (bicyclic) bond motifs is 1. The molecule has 1 fully saturated rings. The Bertz CT molecular complexity index is 1330. The highest BCUT2D eigenvalue weighted by Gasteiger charge is 2.29. The van der Waals surface area contributed by atoms with Gasteiger partial charge in [0.25, 0.3) is 11.4 Å². The fraction of sp³-hybridized carbons (Fsp3) is 0.600. The van der Waals surface area contributed by atoms with Gasteiger partial charge in [0.05, 0.1) is 18.3 Å². The Labute approximate surface area is 214 Å². The number of carbonyl (C=O) groups is 2. The molecule has 0 radical (unpaired) electrons. The third-order valence-electron chi connectivity index (χ3n) is 5.77. The van der Waals surface area contributed by atoms with Crippen LogP contribution in [0.25, 0.3) is 17.1 Å². The van der Waals surface area contributed by atoms with Crippen LogP contribution in [0.1, 0.15) is 78.2 Å². The van der Waals surface area contributed by atoms with Crippen LogP contribution in [-0.2, 0) is 20.7 Å². The van der Waals surface area contributed by atoms with E-state index in [0.29, 0.717) is 43.0 Å². The van der Waals surface area contributed by atoms with Crippen LogP contribution in [0.4, 0.5) is 4.79 Å². The first-order chi connectivity index (χ1) is 17.3. The van der Waals surface area contributed by atoms with E-state index in [-0.39, 0.29) is 42.3 Å². The Morgan fingerprint density at radius 1 is 1.11 bits per heavy atom. The van der Waals surface area contributed by atoms with Crippen molar-refractivity contribution in [3.8, 4) is 11.5 Å². The van der Waals surface area contributed by atoms with Gasteiger partial charge in [0.15, 0.2) is 5.82 Å². The molecule has 0 aliphatic carbocycles. The van der Waals surface area contributed by atoms with Gasteiger partial charge in [0, 0.05) is 31.5 Å². The number of amides is 1. The molecule has 4 rings (SSSR count). The van der Waals surface area contributed by atoms with E-state index < -0.39 is 11.2 Å². The fourth-order valence-electron chi connectivity index (χ4n) is 4.22. The standard InChI is InChI=1S/C25H34N6O6/c1-24(2,3)35-20(33)8-7-18-27-22(37-29-18)16-14-26-31-17(13-19(32)28-21(16)31)15-9-11-30(12-10-15)23(34)36-25(4,5)6/h13-15H,7-12H2,1-6H3,(H,28,32). The summed E-state index contributed by atoms with van der Waals surface area (Å²) in [6.45, 7) is 12.0. The molecule has 1 aliphatic heterocycles. The molecule has 12 heteroatoms. The quantitative estimate of drug-likeness (QED) is 0.506. The van der Waals surface area contributed by atoms with Crippen molar-refractivity contribution in [2.75, 3.05) is 13.1 Å². The number of nitrogens with zero attached hydrogens (tertiary/aromatic N) is 5. The van der Waals surface area contributed by atoms with Crippen LogP contribution in [-0.4, -0.2) is 66.0 Å². The Balaban J connectivity index is 1.48. The second-order valence-corrected chi connectivity index (χ2v) is 11.2. The van der Waals surface area contributed by atoms with Crippen molar-refractivity contribution in [2.45, 2.75) is 84.3 Å². The van der Waals surface area contributed by atoms with E-state index in [2.05, 4.69) is 20.2 Å². The van der Waals surface area contributed by atoms with Crippen molar-refractivity contribution in [3.05, 3.63) is 34.1 Å². The van der Waals surface area contributed by atoms with Gasteiger partial charge in [-0.1, -0.05) is 5.16 Å². The van der Waals surface area contributed by atoms with Gasteiger partial charge in [-0.15, -0.1) is 0 Å². The van der Waals surface area contributed by atoms with Crippen LogP contribution in [0.3, 0.4) is 0 Å². The molecule has 0 bridgehead atoms.